The largest absolute Gasteiger partial charge is 0.490 e. The second-order valence-corrected chi connectivity index (χ2v) is 5.27. The van der Waals surface area contributed by atoms with Gasteiger partial charge in [0.15, 0.2) is 11.6 Å². The minimum atomic E-state index is 0.706. The van der Waals surface area contributed by atoms with Crippen LogP contribution in [0.2, 0.25) is 0 Å². The summed E-state index contributed by atoms with van der Waals surface area (Å²) in [6.07, 6.45) is 5.35. The first kappa shape index (κ1) is 14.4. The molecule has 3 aromatic rings. The predicted octanol–water partition coefficient (Wildman–Crippen LogP) is 3.55. The van der Waals surface area contributed by atoms with E-state index >= 15 is 0 Å². The van der Waals surface area contributed by atoms with Crippen LogP contribution in [-0.4, -0.2) is 21.2 Å². The van der Waals surface area contributed by atoms with Gasteiger partial charge in [-0.05, 0) is 42.8 Å². The molecule has 0 saturated carbocycles. The number of nitrogen functional groups attached to an aromatic ring is 1. The number of hydrogen-bond donors (Lipinski definition) is 1. The number of ether oxygens (including phenoxy) is 1. The molecule has 0 radical (unpaired) electrons. The molecule has 0 atom stereocenters. The van der Waals surface area contributed by atoms with Crippen molar-refractivity contribution in [3.8, 4) is 17.1 Å². The van der Waals surface area contributed by atoms with Gasteiger partial charge in [0, 0.05) is 17.4 Å². The lowest BCUT2D eigenvalue weighted by molar-refractivity contribution is 0.308. The van der Waals surface area contributed by atoms with Crippen LogP contribution in [0.4, 0.5) is 5.69 Å². The molecule has 0 bridgehead atoms. The average Bonchev–Trinajstić information content (AvgIpc) is 2.97. The molecule has 0 aliphatic heterocycles. The van der Waals surface area contributed by atoms with Crippen LogP contribution in [0.25, 0.3) is 17.0 Å². The minimum absolute atomic E-state index is 0.706. The van der Waals surface area contributed by atoms with Crippen LogP contribution >= 0.6 is 0 Å². The molecule has 3 rings (SSSR count). The average molecular weight is 296 g/mol. The zero-order valence-corrected chi connectivity index (χ0v) is 12.7. The Balaban J connectivity index is 1.90. The normalized spacial score (nSPS) is 11.0. The van der Waals surface area contributed by atoms with E-state index in [2.05, 4.69) is 17.1 Å². The Morgan fingerprint density at radius 1 is 1.09 bits per heavy atom. The monoisotopic (exact) mass is 296 g/mol. The SMILES string of the molecule is CCCCCOc1cccn2c(-c3ccc(N)cc3)nnc12. The molecule has 2 heterocycles. The molecule has 114 valence electrons. The molecule has 5 heteroatoms. The smallest absolute Gasteiger partial charge is 0.203 e. The molecule has 2 N–H and O–H groups in total. The second kappa shape index (κ2) is 6.47. The molecule has 2 aromatic heterocycles. The number of nitrogens with two attached hydrogens (primary N) is 1. The van der Waals surface area contributed by atoms with Gasteiger partial charge in [0.1, 0.15) is 0 Å². The maximum Gasteiger partial charge on any atom is 0.203 e. The van der Waals surface area contributed by atoms with Gasteiger partial charge in [-0.15, -0.1) is 10.2 Å². The Morgan fingerprint density at radius 2 is 1.91 bits per heavy atom. The van der Waals surface area contributed by atoms with Crippen molar-refractivity contribution >= 4 is 11.3 Å². The molecule has 0 unspecified atom stereocenters. The van der Waals surface area contributed by atoms with Crippen molar-refractivity contribution in [2.45, 2.75) is 26.2 Å². The van der Waals surface area contributed by atoms with Crippen LogP contribution in [-0.2, 0) is 0 Å². The molecule has 0 spiro atoms. The highest BCUT2D eigenvalue weighted by Crippen LogP contribution is 2.24. The van der Waals surface area contributed by atoms with Gasteiger partial charge >= 0.3 is 0 Å². The van der Waals surface area contributed by atoms with Crippen LogP contribution in [0.15, 0.2) is 42.6 Å². The predicted molar refractivity (Wildman–Crippen MR) is 87.9 cm³/mol. The van der Waals surface area contributed by atoms with E-state index in [0.29, 0.717) is 6.61 Å². The number of pyridine rings is 1. The van der Waals surface area contributed by atoms with E-state index in [1.165, 1.54) is 12.8 Å². The lowest BCUT2D eigenvalue weighted by atomic mass is 10.2. The van der Waals surface area contributed by atoms with E-state index in [4.69, 9.17) is 10.5 Å². The van der Waals surface area contributed by atoms with Gasteiger partial charge in [0.2, 0.25) is 5.65 Å². The van der Waals surface area contributed by atoms with Crippen molar-refractivity contribution in [1.29, 1.82) is 0 Å². The highest BCUT2D eigenvalue weighted by molar-refractivity contribution is 5.64. The van der Waals surface area contributed by atoms with Crippen molar-refractivity contribution in [3.63, 3.8) is 0 Å². The fourth-order valence-corrected chi connectivity index (χ4v) is 2.37. The van der Waals surface area contributed by atoms with E-state index in [-0.39, 0.29) is 0 Å². The van der Waals surface area contributed by atoms with Gasteiger partial charge in [-0.3, -0.25) is 4.40 Å². The molecule has 5 nitrogen and oxygen atoms in total. The minimum Gasteiger partial charge on any atom is -0.490 e. The summed E-state index contributed by atoms with van der Waals surface area (Å²) in [4.78, 5) is 0. The zero-order valence-electron chi connectivity index (χ0n) is 12.7. The van der Waals surface area contributed by atoms with E-state index in [9.17, 15) is 0 Å². The summed E-state index contributed by atoms with van der Waals surface area (Å²) in [6, 6.07) is 11.5. The fraction of sp³-hybridized carbons (Fsp3) is 0.294. The van der Waals surface area contributed by atoms with Crippen LogP contribution in [0, 0.1) is 0 Å². The number of unbranched alkanes of at least 4 members (excludes halogenated alkanes) is 2. The standard InChI is InChI=1S/C17H20N4O/c1-2-3-4-12-22-15-6-5-11-21-16(19-20-17(15)21)13-7-9-14(18)10-8-13/h5-11H,2-4,12,18H2,1H3. The lowest BCUT2D eigenvalue weighted by Crippen LogP contribution is -1.99. The topological polar surface area (TPSA) is 65.4 Å². The van der Waals surface area contributed by atoms with Gasteiger partial charge in [0.05, 0.1) is 6.61 Å². The molecule has 0 fully saturated rings. The Kier molecular flexibility index (Phi) is 4.23. The molecule has 0 aliphatic rings. The Labute approximate surface area is 129 Å². The number of benzene rings is 1. The molecule has 0 amide bonds. The lowest BCUT2D eigenvalue weighted by Gasteiger charge is -2.07. The van der Waals surface area contributed by atoms with Crippen molar-refractivity contribution in [2.75, 3.05) is 12.3 Å². The molecule has 1 aromatic carbocycles. The number of fused-ring (bicyclic) bond motifs is 1. The van der Waals surface area contributed by atoms with E-state index in [1.807, 2.05) is 47.0 Å². The van der Waals surface area contributed by atoms with E-state index in [1.54, 1.807) is 0 Å². The Hall–Kier alpha value is -2.56. The maximum atomic E-state index is 5.85. The molecular weight excluding hydrogens is 276 g/mol. The summed E-state index contributed by atoms with van der Waals surface area (Å²) in [5, 5.41) is 8.57. The summed E-state index contributed by atoms with van der Waals surface area (Å²) in [5.74, 6) is 1.56. The number of rotatable bonds is 6. The third-order valence-corrected chi connectivity index (χ3v) is 3.57. The molecule has 22 heavy (non-hydrogen) atoms. The first-order valence-corrected chi connectivity index (χ1v) is 7.62. The maximum absolute atomic E-state index is 5.85. The third kappa shape index (κ3) is 2.88. The van der Waals surface area contributed by atoms with Crippen LogP contribution in [0.3, 0.4) is 0 Å². The van der Waals surface area contributed by atoms with Gasteiger partial charge in [-0.1, -0.05) is 19.8 Å². The first-order chi connectivity index (χ1) is 10.8. The number of hydrogen-bond acceptors (Lipinski definition) is 4. The summed E-state index contributed by atoms with van der Waals surface area (Å²) < 4.78 is 7.79. The second-order valence-electron chi connectivity index (χ2n) is 5.27. The van der Waals surface area contributed by atoms with Crippen LogP contribution < -0.4 is 10.5 Å². The Bertz CT molecular complexity index is 749. The first-order valence-electron chi connectivity index (χ1n) is 7.62. The van der Waals surface area contributed by atoms with Crippen LogP contribution in [0.1, 0.15) is 26.2 Å². The van der Waals surface area contributed by atoms with Crippen molar-refractivity contribution < 1.29 is 4.74 Å². The highest BCUT2D eigenvalue weighted by Gasteiger charge is 2.11. The van der Waals surface area contributed by atoms with Crippen molar-refractivity contribution in [3.05, 3.63) is 42.6 Å². The van der Waals surface area contributed by atoms with Gasteiger partial charge in [-0.2, -0.15) is 0 Å². The van der Waals surface area contributed by atoms with Gasteiger partial charge < -0.3 is 10.5 Å². The van der Waals surface area contributed by atoms with Gasteiger partial charge in [0.25, 0.3) is 0 Å². The third-order valence-electron chi connectivity index (χ3n) is 3.57. The summed E-state index contributed by atoms with van der Waals surface area (Å²) in [5.41, 5.74) is 8.19. The van der Waals surface area contributed by atoms with Crippen LogP contribution in [0.5, 0.6) is 5.75 Å². The molecule has 0 saturated heterocycles. The van der Waals surface area contributed by atoms with Gasteiger partial charge in [-0.25, -0.2) is 0 Å². The van der Waals surface area contributed by atoms with E-state index in [0.717, 1.165) is 34.9 Å². The van der Waals surface area contributed by atoms with E-state index < -0.39 is 0 Å². The Morgan fingerprint density at radius 3 is 2.68 bits per heavy atom. The highest BCUT2D eigenvalue weighted by atomic mass is 16.5. The number of anilines is 1. The summed E-state index contributed by atoms with van der Waals surface area (Å²) in [7, 11) is 0. The molecule has 0 aliphatic carbocycles. The number of nitrogens with zero attached hydrogens (tertiary/aromatic N) is 3. The van der Waals surface area contributed by atoms with Crippen molar-refractivity contribution in [1.82, 2.24) is 14.6 Å². The molecular formula is C17H20N4O. The zero-order chi connectivity index (χ0) is 15.4. The summed E-state index contributed by atoms with van der Waals surface area (Å²) >= 11 is 0. The quantitative estimate of drug-likeness (QED) is 0.558. The fourth-order valence-electron chi connectivity index (χ4n) is 2.37. The number of aromatic nitrogens is 3. The summed E-state index contributed by atoms with van der Waals surface area (Å²) in [6.45, 7) is 2.88. The van der Waals surface area contributed by atoms with Crippen molar-refractivity contribution in [2.24, 2.45) is 0 Å².